The first-order valence-corrected chi connectivity index (χ1v) is 48.0. The van der Waals surface area contributed by atoms with Gasteiger partial charge in [-0.1, -0.05) is 285 Å². The van der Waals surface area contributed by atoms with Gasteiger partial charge >= 0.3 is 24.0 Å². The van der Waals surface area contributed by atoms with E-state index >= 15 is 9.59 Å². The van der Waals surface area contributed by atoms with Crippen molar-refractivity contribution in [3.8, 4) is 0 Å². The number of ether oxygens (including phenoxy) is 6. The Morgan fingerprint density at radius 2 is 0.792 bits per heavy atom. The standard InChI is InChI=1S/C59H73NO11Si.C44H54O8Si/c1-36-42(68-51(63)37(2)46(38-25-17-13-18-26-38)60-53(65)70-54(3,4)5)34-59(66)50(69-52(64)39-27-19-14-20-28-39)48-57(11)35-67-43(57)33-44(58(48,12)49(62)47(61)45(36)56(59,9)10)71-72(55(6,7)8,40-29-21-15-22-30-40)41-31-23-16-24-32-41;1-27-31(45)25-44(49)38(51-39(48)28-18-12-9-13-19-28)36-42(7)26-50-32(42)24-33(43(36,8)37(47)35(46)34(27)41(44,5)6)52-53(40(2,3)4,29-20-14-10-15-21-29)30-22-16-11-17-23-30/h13-32,37,42-44,46,48-50,62,66H,33-35H2,1-12H3,(H,60,65);9-23,31-33,36-38,45,47,49H,24-26H2,1-8H3/t37-,42+,43-,44+,46-,48-,49+,50+,57-,58-,59-;31-,32+,33-,36+,37-,38-,42+,43+,44+/m10/s1. The molecule has 7 aromatic carbocycles. The fraction of sp³-hybridized carbons (Fsp3) is 0.495. The van der Waals surface area contributed by atoms with Crippen LogP contribution < -0.4 is 26.1 Å². The molecule has 20 atom stereocenters. The minimum Gasteiger partial charge on any atom is -0.457 e. The molecule has 2 aliphatic heterocycles. The van der Waals surface area contributed by atoms with Crippen LogP contribution in [0.3, 0.4) is 0 Å². The van der Waals surface area contributed by atoms with Crippen molar-refractivity contribution in [2.24, 2.45) is 50.2 Å². The summed E-state index contributed by atoms with van der Waals surface area (Å²) in [5.41, 5.74) is -10.1. The molecule has 20 nitrogen and oxygen atoms in total. The van der Waals surface area contributed by atoms with E-state index in [1.807, 2.05) is 113 Å². The molecule has 6 fully saturated rings. The summed E-state index contributed by atoms with van der Waals surface area (Å²) in [6.07, 6.45) is -11.6. The monoisotopic (exact) mass is 1740 g/mol. The number of esters is 3. The Morgan fingerprint density at radius 3 is 1.12 bits per heavy atom. The number of nitrogens with one attached hydrogen (secondary N) is 1. The second-order valence-corrected chi connectivity index (χ2v) is 50.1. The van der Waals surface area contributed by atoms with E-state index in [4.69, 9.17) is 37.3 Å². The average molecular weight is 1740 g/mol. The van der Waals surface area contributed by atoms with Crippen LogP contribution in [0.25, 0.3) is 0 Å². The van der Waals surface area contributed by atoms with Gasteiger partial charge in [0, 0.05) is 68.3 Å². The van der Waals surface area contributed by atoms with Crippen LogP contribution in [0.4, 0.5) is 4.79 Å². The van der Waals surface area contributed by atoms with Crippen molar-refractivity contribution in [2.75, 3.05) is 13.2 Å². The summed E-state index contributed by atoms with van der Waals surface area (Å²) in [4.78, 5) is 88.1. The van der Waals surface area contributed by atoms with E-state index in [9.17, 15) is 44.7 Å². The number of benzene rings is 7. The molecule has 2 saturated heterocycles. The highest BCUT2D eigenvalue weighted by Gasteiger charge is 2.79. The Balaban J connectivity index is 0.000000213. The second kappa shape index (κ2) is 33.3. The molecule has 0 unspecified atom stereocenters. The van der Waals surface area contributed by atoms with Crippen LogP contribution in [-0.4, -0.2) is 169 Å². The molecule has 0 aromatic heterocycles. The zero-order chi connectivity index (χ0) is 90.8. The van der Waals surface area contributed by atoms with E-state index in [0.29, 0.717) is 35.1 Å². The number of aliphatic hydroxyl groups is 5. The van der Waals surface area contributed by atoms with Gasteiger partial charge in [-0.05, 0) is 126 Å². The number of alkyl carbamates (subject to hydrolysis) is 1. The number of Topliss-reactive ketones (excluding diaryl/α,β-unsaturated/α-hetero) is 2. The zero-order valence-corrected chi connectivity index (χ0v) is 78.0. The molecule has 0 spiro atoms. The third kappa shape index (κ3) is 15.1. The third-order valence-corrected chi connectivity index (χ3v) is 40.6. The van der Waals surface area contributed by atoms with Gasteiger partial charge in [-0.2, -0.15) is 0 Å². The lowest BCUT2D eigenvalue weighted by atomic mass is 9.42. The fourth-order valence-corrected chi connectivity index (χ4v) is 33.1. The van der Waals surface area contributed by atoms with Crippen LogP contribution in [0.2, 0.25) is 10.1 Å². The number of amides is 1. The minimum absolute atomic E-state index is 0.0717. The summed E-state index contributed by atoms with van der Waals surface area (Å²) >= 11 is 0. The Labute approximate surface area is 738 Å². The van der Waals surface area contributed by atoms with Crippen LogP contribution in [0.1, 0.15) is 196 Å². The first kappa shape index (κ1) is 92.3. The predicted octanol–water partition coefficient (Wildman–Crippen LogP) is 14.2. The number of hydrogen-bond acceptors (Lipinski definition) is 19. The Morgan fingerprint density at radius 1 is 0.464 bits per heavy atom. The maximum atomic E-state index is 15.9. The fourth-order valence-electron chi connectivity index (χ4n) is 23.5. The number of hydrogen-bond donors (Lipinski definition) is 6. The molecule has 666 valence electrons. The van der Waals surface area contributed by atoms with Crippen molar-refractivity contribution in [1.29, 1.82) is 0 Å². The Hall–Kier alpha value is -8.89. The third-order valence-electron chi connectivity index (χ3n) is 30.5. The lowest BCUT2D eigenvalue weighted by Crippen LogP contribution is -2.79. The summed E-state index contributed by atoms with van der Waals surface area (Å²) in [6.45, 7) is 38.5. The lowest BCUT2D eigenvalue weighted by Gasteiger charge is -2.69. The van der Waals surface area contributed by atoms with Crippen LogP contribution in [0.15, 0.2) is 235 Å². The van der Waals surface area contributed by atoms with Gasteiger partial charge in [-0.25, -0.2) is 14.4 Å². The van der Waals surface area contributed by atoms with E-state index < -0.39 is 190 Å². The van der Waals surface area contributed by atoms with E-state index in [1.165, 1.54) is 0 Å². The van der Waals surface area contributed by atoms with Crippen LogP contribution >= 0.6 is 0 Å². The maximum absolute atomic E-state index is 15.9. The first-order valence-electron chi connectivity index (χ1n) is 44.2. The zero-order valence-electron chi connectivity index (χ0n) is 76.0. The summed E-state index contributed by atoms with van der Waals surface area (Å²) in [5, 5.41) is 71.4. The van der Waals surface area contributed by atoms with Crippen molar-refractivity contribution < 1.29 is 91.6 Å². The number of rotatable bonds is 17. The molecule has 4 bridgehead atoms. The van der Waals surface area contributed by atoms with E-state index in [-0.39, 0.29) is 48.9 Å². The molecular formula is C103H127NO19Si2. The number of aliphatic hydroxyl groups excluding tert-OH is 3. The number of carbonyl (C=O) groups excluding carboxylic acids is 6. The Bertz CT molecular complexity index is 5150. The van der Waals surface area contributed by atoms with E-state index in [2.05, 4.69) is 95.4 Å². The number of carbonyl (C=O) groups is 6. The predicted molar refractivity (Wildman–Crippen MR) is 482 cm³/mol. The van der Waals surface area contributed by atoms with Gasteiger partial charge in [0.05, 0.1) is 66.8 Å². The lowest BCUT2D eigenvalue weighted by molar-refractivity contribution is -0.326. The van der Waals surface area contributed by atoms with Crippen molar-refractivity contribution >= 4 is 72.9 Å². The van der Waals surface area contributed by atoms with Crippen LogP contribution in [-0.2, 0) is 51.7 Å². The van der Waals surface area contributed by atoms with Gasteiger partial charge < -0.3 is 68.1 Å². The summed E-state index contributed by atoms with van der Waals surface area (Å²) in [7, 11) is -6.74. The summed E-state index contributed by atoms with van der Waals surface area (Å²) in [6, 6.07) is 66.0. The molecule has 1 amide bonds. The molecule has 6 aliphatic carbocycles. The molecule has 22 heteroatoms. The van der Waals surface area contributed by atoms with E-state index in [1.54, 1.807) is 148 Å². The van der Waals surface area contributed by atoms with Crippen LogP contribution in [0.5, 0.6) is 0 Å². The quantitative estimate of drug-likeness (QED) is 0.0280. The highest BCUT2D eigenvalue weighted by atomic mass is 28.4. The maximum Gasteiger partial charge on any atom is 0.408 e. The van der Waals surface area contributed by atoms with Gasteiger partial charge in [0.1, 0.15) is 47.3 Å². The molecule has 2 heterocycles. The highest BCUT2D eigenvalue weighted by Crippen LogP contribution is 2.70. The van der Waals surface area contributed by atoms with Crippen molar-refractivity contribution in [1.82, 2.24) is 5.32 Å². The SMILES string of the molecule is CC1=C2C(=O)[C@H](O)[C@]3(C)[C@@H](O[Si](c4ccccc4)(c4ccccc4)C(C)(C)C)C[C@H]4OC[C@@]4(C)[C@H]3[C@H](OC(=O)c3ccccc3)[C@](O)(C[C@@H]1O)C2(C)C.CC1=C2C(=O)[C@H](O)[C@]3(C)[C@@H](O[Si](c4ccccc4)(c4ccccc4)C(C)(C)C)C[C@H]4OC[C@@]4(C)[C@H]3[C@H](OC(=O)c3ccccc3)[C@](O)(C[C@@H]1OC(=O)[C@H](C)[C@@H](NC(=O)OC(C)(C)C)c1ccccc1)C2(C)C. The molecule has 15 rings (SSSR count). The molecular weight excluding hydrogens is 1610 g/mol. The minimum atomic E-state index is -3.44. The average Bonchev–Trinajstić information content (AvgIpc) is 0.671. The molecule has 8 aliphatic rings. The van der Waals surface area contributed by atoms with Crippen molar-refractivity contribution in [3.63, 3.8) is 0 Å². The highest BCUT2D eigenvalue weighted by molar-refractivity contribution is 7.00. The van der Waals surface area contributed by atoms with E-state index in [0.717, 1.165) is 20.7 Å². The summed E-state index contributed by atoms with van der Waals surface area (Å²) < 4.78 is 54.3. The normalized spacial score (nSPS) is 32.2. The van der Waals surface area contributed by atoms with Gasteiger partial charge in [0.15, 0.2) is 11.6 Å². The summed E-state index contributed by atoms with van der Waals surface area (Å²) in [5.74, 6) is -6.09. The topological polar surface area (TPSA) is 289 Å². The molecule has 7 aromatic rings. The largest absolute Gasteiger partial charge is 0.457 e. The van der Waals surface area contributed by atoms with Gasteiger partial charge in [-0.15, -0.1) is 0 Å². The number of fused-ring (bicyclic) bond motifs is 10. The Kier molecular flexibility index (Phi) is 24.6. The number of ketones is 2. The van der Waals surface area contributed by atoms with Crippen molar-refractivity contribution in [3.05, 3.63) is 251 Å². The van der Waals surface area contributed by atoms with Gasteiger partial charge in [0.25, 0.3) is 16.6 Å². The molecule has 6 N–H and O–H groups in total. The molecule has 125 heavy (non-hydrogen) atoms. The molecule has 4 saturated carbocycles. The second-order valence-electron chi connectivity index (χ2n) is 41.6. The molecule has 0 radical (unpaired) electrons. The van der Waals surface area contributed by atoms with Crippen molar-refractivity contribution in [2.45, 2.75) is 258 Å². The smallest absolute Gasteiger partial charge is 0.408 e. The van der Waals surface area contributed by atoms with Crippen LogP contribution in [0, 0.1) is 50.2 Å². The first-order chi connectivity index (χ1) is 58.6. The van der Waals surface area contributed by atoms with Gasteiger partial charge in [0.2, 0.25) is 0 Å². The van der Waals surface area contributed by atoms with Gasteiger partial charge in [-0.3, -0.25) is 14.4 Å².